The first kappa shape index (κ1) is 16.5. The lowest BCUT2D eigenvalue weighted by Gasteiger charge is -2.21. The van der Waals surface area contributed by atoms with Gasteiger partial charge in [-0.15, -0.1) is 0 Å². The van der Waals surface area contributed by atoms with E-state index in [0.29, 0.717) is 24.9 Å². The summed E-state index contributed by atoms with van der Waals surface area (Å²) in [5.41, 5.74) is 0.0881. The molecule has 1 amide bonds. The van der Waals surface area contributed by atoms with Gasteiger partial charge in [0, 0.05) is 24.9 Å². The SMILES string of the molecule is CCCNC(=O)c1ccc(CC2(F)C#CCCCCC2)cc1. The molecule has 0 heterocycles. The summed E-state index contributed by atoms with van der Waals surface area (Å²) in [5, 5.41) is 2.84. The summed E-state index contributed by atoms with van der Waals surface area (Å²) in [5.74, 6) is 5.70. The van der Waals surface area contributed by atoms with Crippen molar-refractivity contribution in [2.24, 2.45) is 0 Å². The fraction of sp³-hybridized carbons (Fsp3) is 0.526. The fourth-order valence-corrected chi connectivity index (χ4v) is 2.65. The van der Waals surface area contributed by atoms with E-state index in [1.807, 2.05) is 19.1 Å². The molecule has 0 bridgehead atoms. The molecule has 0 aromatic heterocycles. The van der Waals surface area contributed by atoms with Crippen molar-refractivity contribution in [3.05, 3.63) is 35.4 Å². The zero-order chi connectivity index (χ0) is 15.8. The molecule has 1 aliphatic rings. The quantitative estimate of drug-likeness (QED) is 0.817. The van der Waals surface area contributed by atoms with Gasteiger partial charge in [0.1, 0.15) is 0 Å². The highest BCUT2D eigenvalue weighted by Gasteiger charge is 2.27. The molecule has 0 aliphatic heterocycles. The van der Waals surface area contributed by atoms with Crippen molar-refractivity contribution >= 4 is 5.91 Å². The third-order valence-corrected chi connectivity index (χ3v) is 3.92. The minimum Gasteiger partial charge on any atom is -0.352 e. The van der Waals surface area contributed by atoms with Gasteiger partial charge in [-0.2, -0.15) is 0 Å². The highest BCUT2D eigenvalue weighted by atomic mass is 19.1. The van der Waals surface area contributed by atoms with E-state index < -0.39 is 5.67 Å². The molecule has 0 fully saturated rings. The summed E-state index contributed by atoms with van der Waals surface area (Å²) in [4.78, 5) is 11.8. The number of amides is 1. The van der Waals surface area contributed by atoms with Crippen LogP contribution in [0.25, 0.3) is 0 Å². The number of hydrogen-bond acceptors (Lipinski definition) is 1. The number of hydrogen-bond donors (Lipinski definition) is 1. The first-order valence-corrected chi connectivity index (χ1v) is 8.19. The topological polar surface area (TPSA) is 29.1 Å². The second-order valence-electron chi connectivity index (χ2n) is 5.96. The second kappa shape index (κ2) is 7.98. The Balaban J connectivity index is 2.02. The Morgan fingerprint density at radius 2 is 2.05 bits per heavy atom. The fourth-order valence-electron chi connectivity index (χ4n) is 2.65. The Kier molecular flexibility index (Phi) is 6.00. The van der Waals surface area contributed by atoms with E-state index in [9.17, 15) is 9.18 Å². The van der Waals surface area contributed by atoms with Gasteiger partial charge >= 0.3 is 0 Å². The van der Waals surface area contributed by atoms with Gasteiger partial charge in [0.25, 0.3) is 5.91 Å². The molecule has 1 N–H and O–H groups in total. The van der Waals surface area contributed by atoms with Crippen molar-refractivity contribution in [2.45, 2.75) is 57.5 Å². The normalized spacial score (nSPS) is 21.2. The maximum Gasteiger partial charge on any atom is 0.251 e. The lowest BCUT2D eigenvalue weighted by Crippen LogP contribution is -2.25. The summed E-state index contributed by atoms with van der Waals surface area (Å²) >= 11 is 0. The van der Waals surface area contributed by atoms with Gasteiger partial charge in [0.2, 0.25) is 0 Å². The number of halogens is 1. The Hall–Kier alpha value is -1.82. The molecule has 0 spiro atoms. The van der Waals surface area contributed by atoms with Crippen LogP contribution in [0.2, 0.25) is 0 Å². The Morgan fingerprint density at radius 3 is 2.77 bits per heavy atom. The molecule has 2 nitrogen and oxygen atoms in total. The zero-order valence-electron chi connectivity index (χ0n) is 13.3. The second-order valence-corrected chi connectivity index (χ2v) is 5.96. The molecule has 0 radical (unpaired) electrons. The molecule has 22 heavy (non-hydrogen) atoms. The Labute approximate surface area is 132 Å². The minimum absolute atomic E-state index is 0.0749. The third-order valence-electron chi connectivity index (χ3n) is 3.92. The standard InChI is InChI=1S/C19H24FNO/c1-2-14-21-18(22)17-10-8-16(9-11-17)15-19(20)12-6-4-3-5-7-13-19/h8-11H,2-6,12,14-15H2,1H3,(H,21,22). The molecule has 2 rings (SSSR count). The van der Waals surface area contributed by atoms with Gasteiger partial charge in [0.15, 0.2) is 5.67 Å². The highest BCUT2D eigenvalue weighted by Crippen LogP contribution is 2.26. The zero-order valence-corrected chi connectivity index (χ0v) is 13.3. The van der Waals surface area contributed by atoms with Crippen LogP contribution in [0.4, 0.5) is 4.39 Å². The number of rotatable bonds is 5. The van der Waals surface area contributed by atoms with Crippen LogP contribution in [0.5, 0.6) is 0 Å². The predicted octanol–water partition coefficient (Wildman–Crippen LogP) is 4.04. The number of carbonyl (C=O) groups excluding carboxylic acids is 1. The Morgan fingerprint density at radius 1 is 1.27 bits per heavy atom. The lowest BCUT2D eigenvalue weighted by molar-refractivity contribution is 0.0953. The summed E-state index contributed by atoms with van der Waals surface area (Å²) in [7, 11) is 0. The summed E-state index contributed by atoms with van der Waals surface area (Å²) in [6.45, 7) is 2.68. The monoisotopic (exact) mass is 301 g/mol. The van der Waals surface area contributed by atoms with E-state index in [4.69, 9.17) is 0 Å². The van der Waals surface area contributed by atoms with Crippen molar-refractivity contribution in [1.29, 1.82) is 0 Å². The molecule has 1 aromatic rings. The summed E-state index contributed by atoms with van der Waals surface area (Å²) in [6, 6.07) is 7.20. The number of benzene rings is 1. The van der Waals surface area contributed by atoms with E-state index in [-0.39, 0.29) is 5.91 Å². The molecule has 0 saturated heterocycles. The summed E-state index contributed by atoms with van der Waals surface area (Å²) < 4.78 is 14.9. The number of carbonyl (C=O) groups is 1. The van der Waals surface area contributed by atoms with Gasteiger partial charge in [-0.25, -0.2) is 4.39 Å². The molecule has 1 aromatic carbocycles. The largest absolute Gasteiger partial charge is 0.352 e. The van der Waals surface area contributed by atoms with Gasteiger partial charge < -0.3 is 5.32 Å². The van der Waals surface area contributed by atoms with Crippen LogP contribution in [-0.4, -0.2) is 18.1 Å². The smallest absolute Gasteiger partial charge is 0.251 e. The molecule has 118 valence electrons. The average Bonchev–Trinajstić information content (AvgIpc) is 2.50. The molecular weight excluding hydrogens is 277 g/mol. The molecule has 1 atom stereocenters. The van der Waals surface area contributed by atoms with E-state index in [1.165, 1.54) is 0 Å². The maximum atomic E-state index is 14.9. The first-order valence-electron chi connectivity index (χ1n) is 8.19. The van der Waals surface area contributed by atoms with Crippen LogP contribution in [0.1, 0.15) is 61.4 Å². The van der Waals surface area contributed by atoms with Crippen molar-refractivity contribution in [2.75, 3.05) is 6.54 Å². The highest BCUT2D eigenvalue weighted by molar-refractivity contribution is 5.94. The average molecular weight is 301 g/mol. The first-order chi connectivity index (χ1) is 10.6. The van der Waals surface area contributed by atoms with Crippen molar-refractivity contribution in [1.82, 2.24) is 5.32 Å². The van der Waals surface area contributed by atoms with Crippen LogP contribution in [-0.2, 0) is 6.42 Å². The van der Waals surface area contributed by atoms with E-state index in [0.717, 1.165) is 37.7 Å². The van der Waals surface area contributed by atoms with E-state index in [2.05, 4.69) is 17.2 Å². The van der Waals surface area contributed by atoms with Crippen molar-refractivity contribution in [3.8, 4) is 11.8 Å². The van der Waals surface area contributed by atoms with Gasteiger partial charge in [0.05, 0.1) is 0 Å². The number of nitrogens with one attached hydrogen (secondary N) is 1. The van der Waals surface area contributed by atoms with Crippen molar-refractivity contribution < 1.29 is 9.18 Å². The Bertz CT molecular complexity index is 555. The van der Waals surface area contributed by atoms with Gasteiger partial charge in [-0.05, 0) is 43.4 Å². The number of alkyl halides is 1. The van der Waals surface area contributed by atoms with Crippen LogP contribution in [0.3, 0.4) is 0 Å². The van der Waals surface area contributed by atoms with Gasteiger partial charge in [-0.3, -0.25) is 4.79 Å². The lowest BCUT2D eigenvalue weighted by atomic mass is 9.89. The summed E-state index contributed by atoms with van der Waals surface area (Å²) in [6.07, 6.45) is 5.52. The van der Waals surface area contributed by atoms with Gasteiger partial charge in [-0.1, -0.05) is 37.3 Å². The minimum atomic E-state index is -1.42. The molecule has 1 aliphatic carbocycles. The van der Waals surface area contributed by atoms with Crippen LogP contribution >= 0.6 is 0 Å². The predicted molar refractivity (Wildman–Crippen MR) is 87.5 cm³/mol. The van der Waals surface area contributed by atoms with Crippen LogP contribution in [0, 0.1) is 11.8 Å². The molecule has 0 saturated carbocycles. The van der Waals surface area contributed by atoms with E-state index in [1.54, 1.807) is 12.1 Å². The molecular formula is C19H24FNO. The van der Waals surface area contributed by atoms with E-state index >= 15 is 0 Å². The molecule has 1 unspecified atom stereocenters. The van der Waals surface area contributed by atoms with Crippen molar-refractivity contribution in [3.63, 3.8) is 0 Å². The van der Waals surface area contributed by atoms with Crippen LogP contribution < -0.4 is 5.32 Å². The van der Waals surface area contributed by atoms with Crippen LogP contribution in [0.15, 0.2) is 24.3 Å². The maximum absolute atomic E-state index is 14.9. The third kappa shape index (κ3) is 4.87. The molecule has 3 heteroatoms.